The first-order chi connectivity index (χ1) is 12.9. The van der Waals surface area contributed by atoms with Crippen LogP contribution in [0.2, 0.25) is 0 Å². The van der Waals surface area contributed by atoms with Crippen molar-refractivity contribution in [1.82, 2.24) is 23.8 Å². The van der Waals surface area contributed by atoms with Crippen LogP contribution in [-0.4, -0.2) is 72.2 Å². The SMILES string of the molecule is Cc1cc(C)c(CNC(=O)N2CCCN(S(=O)(=O)N3CCCC3)CC2)cn1. The summed E-state index contributed by atoms with van der Waals surface area (Å²) >= 11 is 0. The van der Waals surface area contributed by atoms with Gasteiger partial charge in [-0.1, -0.05) is 0 Å². The number of hydrogen-bond donors (Lipinski definition) is 1. The van der Waals surface area contributed by atoms with Gasteiger partial charge < -0.3 is 10.2 Å². The van der Waals surface area contributed by atoms with Crippen molar-refractivity contribution >= 4 is 16.2 Å². The fourth-order valence-electron chi connectivity index (χ4n) is 3.60. The van der Waals surface area contributed by atoms with E-state index in [0.29, 0.717) is 52.2 Å². The summed E-state index contributed by atoms with van der Waals surface area (Å²) in [6.45, 7) is 7.34. The Hall–Kier alpha value is -1.71. The molecule has 0 atom stereocenters. The molecule has 3 heterocycles. The van der Waals surface area contributed by atoms with Crippen LogP contribution in [0.15, 0.2) is 12.3 Å². The molecule has 27 heavy (non-hydrogen) atoms. The minimum atomic E-state index is -3.40. The van der Waals surface area contributed by atoms with Gasteiger partial charge in [0.1, 0.15) is 0 Å². The molecule has 150 valence electrons. The molecule has 9 heteroatoms. The standard InChI is InChI=1S/C18H29N5O3S/c1-15-12-16(2)19-13-17(15)14-20-18(24)21-6-5-9-23(11-10-21)27(25,26)22-7-3-4-8-22/h12-13H,3-11,14H2,1-2H3,(H,20,24). The molecule has 0 unspecified atom stereocenters. The van der Waals surface area contributed by atoms with Gasteiger partial charge in [0.05, 0.1) is 0 Å². The molecular weight excluding hydrogens is 366 g/mol. The third-order valence-corrected chi connectivity index (χ3v) is 7.28. The molecule has 2 aliphatic rings. The third-order valence-electron chi connectivity index (χ3n) is 5.25. The van der Waals surface area contributed by atoms with Crippen LogP contribution >= 0.6 is 0 Å². The Kier molecular flexibility index (Phi) is 6.33. The van der Waals surface area contributed by atoms with Crippen molar-refractivity contribution in [3.05, 3.63) is 29.1 Å². The first kappa shape index (κ1) is 20.0. The van der Waals surface area contributed by atoms with Gasteiger partial charge in [0.25, 0.3) is 10.2 Å². The predicted molar refractivity (Wildman–Crippen MR) is 103 cm³/mol. The smallest absolute Gasteiger partial charge is 0.317 e. The number of amides is 2. The average Bonchev–Trinajstić information content (AvgIpc) is 3.06. The summed E-state index contributed by atoms with van der Waals surface area (Å²) in [4.78, 5) is 18.5. The molecule has 2 amide bonds. The highest BCUT2D eigenvalue weighted by atomic mass is 32.2. The molecule has 0 aromatic carbocycles. The number of urea groups is 1. The van der Waals surface area contributed by atoms with Crippen LogP contribution in [0.3, 0.4) is 0 Å². The Bertz CT molecular complexity index is 777. The molecule has 8 nitrogen and oxygen atoms in total. The molecule has 2 saturated heterocycles. The van der Waals surface area contributed by atoms with Crippen molar-refractivity contribution < 1.29 is 13.2 Å². The molecule has 0 spiro atoms. The van der Waals surface area contributed by atoms with E-state index in [2.05, 4.69) is 10.3 Å². The first-order valence-electron chi connectivity index (χ1n) is 9.58. The zero-order valence-corrected chi connectivity index (χ0v) is 17.0. The number of aryl methyl sites for hydroxylation is 2. The van der Waals surface area contributed by atoms with Gasteiger partial charge in [-0.2, -0.15) is 17.0 Å². The summed E-state index contributed by atoms with van der Waals surface area (Å²) in [5.74, 6) is 0. The van der Waals surface area contributed by atoms with E-state index >= 15 is 0 Å². The number of carbonyl (C=O) groups excluding carboxylic acids is 1. The number of nitrogens with one attached hydrogen (secondary N) is 1. The average molecular weight is 396 g/mol. The maximum Gasteiger partial charge on any atom is 0.317 e. The molecule has 0 aliphatic carbocycles. The second kappa shape index (κ2) is 8.53. The van der Waals surface area contributed by atoms with E-state index in [1.54, 1.807) is 15.4 Å². The maximum atomic E-state index is 12.7. The van der Waals surface area contributed by atoms with E-state index in [9.17, 15) is 13.2 Å². The molecule has 0 radical (unpaired) electrons. The van der Waals surface area contributed by atoms with Crippen LogP contribution in [0.1, 0.15) is 36.1 Å². The lowest BCUT2D eigenvalue weighted by Gasteiger charge is -2.26. The summed E-state index contributed by atoms with van der Waals surface area (Å²) in [6, 6.07) is 1.84. The van der Waals surface area contributed by atoms with Crippen LogP contribution in [-0.2, 0) is 16.8 Å². The van der Waals surface area contributed by atoms with E-state index in [0.717, 1.165) is 29.7 Å². The lowest BCUT2D eigenvalue weighted by Crippen LogP contribution is -2.45. The van der Waals surface area contributed by atoms with Crippen LogP contribution in [0.4, 0.5) is 4.79 Å². The summed E-state index contributed by atoms with van der Waals surface area (Å²) in [5, 5.41) is 2.93. The summed E-state index contributed by atoms with van der Waals surface area (Å²) < 4.78 is 28.5. The summed E-state index contributed by atoms with van der Waals surface area (Å²) in [5.41, 5.74) is 3.04. The van der Waals surface area contributed by atoms with Crippen LogP contribution < -0.4 is 5.32 Å². The van der Waals surface area contributed by atoms with Gasteiger partial charge in [-0.15, -0.1) is 0 Å². The molecule has 0 bridgehead atoms. The van der Waals surface area contributed by atoms with Gasteiger partial charge in [0.2, 0.25) is 0 Å². The van der Waals surface area contributed by atoms with E-state index in [1.807, 2.05) is 19.9 Å². The summed E-state index contributed by atoms with van der Waals surface area (Å²) in [6.07, 6.45) is 4.28. The minimum Gasteiger partial charge on any atom is -0.334 e. The number of hydrogen-bond acceptors (Lipinski definition) is 4. The Morgan fingerprint density at radius 2 is 1.70 bits per heavy atom. The van der Waals surface area contributed by atoms with Gasteiger partial charge in [-0.3, -0.25) is 4.98 Å². The number of carbonyl (C=O) groups is 1. The van der Waals surface area contributed by atoms with Crippen molar-refractivity contribution in [1.29, 1.82) is 0 Å². The van der Waals surface area contributed by atoms with Crippen LogP contribution in [0, 0.1) is 13.8 Å². The normalized spacial score (nSPS) is 19.9. The highest BCUT2D eigenvalue weighted by molar-refractivity contribution is 7.86. The van der Waals surface area contributed by atoms with Crippen molar-refractivity contribution in [2.24, 2.45) is 0 Å². The van der Waals surface area contributed by atoms with Crippen molar-refractivity contribution in [2.75, 3.05) is 39.3 Å². The second-order valence-electron chi connectivity index (χ2n) is 7.26. The van der Waals surface area contributed by atoms with E-state index in [1.165, 1.54) is 4.31 Å². The Morgan fingerprint density at radius 1 is 1.04 bits per heavy atom. The zero-order chi connectivity index (χ0) is 19.4. The van der Waals surface area contributed by atoms with E-state index < -0.39 is 10.2 Å². The topological polar surface area (TPSA) is 85.8 Å². The summed E-state index contributed by atoms with van der Waals surface area (Å²) in [7, 11) is -3.40. The highest BCUT2D eigenvalue weighted by Crippen LogP contribution is 2.18. The lowest BCUT2D eigenvalue weighted by molar-refractivity contribution is 0.200. The molecule has 3 rings (SSSR count). The number of pyridine rings is 1. The van der Waals surface area contributed by atoms with E-state index in [4.69, 9.17) is 0 Å². The van der Waals surface area contributed by atoms with Crippen LogP contribution in [0.25, 0.3) is 0 Å². The van der Waals surface area contributed by atoms with E-state index in [-0.39, 0.29) is 6.03 Å². The second-order valence-corrected chi connectivity index (χ2v) is 9.19. The Labute approximate surface area is 161 Å². The quantitative estimate of drug-likeness (QED) is 0.832. The fourth-order valence-corrected chi connectivity index (χ4v) is 5.32. The Morgan fingerprint density at radius 3 is 2.41 bits per heavy atom. The number of rotatable bonds is 4. The monoisotopic (exact) mass is 395 g/mol. The fraction of sp³-hybridized carbons (Fsp3) is 0.667. The highest BCUT2D eigenvalue weighted by Gasteiger charge is 2.33. The van der Waals surface area contributed by atoms with Gasteiger partial charge in [-0.05, 0) is 50.3 Å². The molecule has 0 saturated carbocycles. The molecule has 1 aromatic rings. The lowest BCUT2D eigenvalue weighted by atomic mass is 10.1. The molecule has 2 aliphatic heterocycles. The Balaban J connectivity index is 1.55. The molecule has 1 N–H and O–H groups in total. The van der Waals surface area contributed by atoms with Gasteiger partial charge in [-0.25, -0.2) is 4.79 Å². The van der Waals surface area contributed by atoms with Gasteiger partial charge in [0.15, 0.2) is 0 Å². The van der Waals surface area contributed by atoms with Crippen molar-refractivity contribution in [3.63, 3.8) is 0 Å². The molecule has 1 aromatic heterocycles. The predicted octanol–water partition coefficient (Wildman–Crippen LogP) is 1.26. The van der Waals surface area contributed by atoms with Gasteiger partial charge in [0, 0.05) is 57.7 Å². The first-order valence-corrected chi connectivity index (χ1v) is 11.0. The molecular formula is C18H29N5O3S. The number of aromatic nitrogens is 1. The number of nitrogens with zero attached hydrogens (tertiary/aromatic N) is 4. The van der Waals surface area contributed by atoms with Crippen molar-refractivity contribution in [3.8, 4) is 0 Å². The third kappa shape index (κ3) is 4.77. The van der Waals surface area contributed by atoms with Crippen LogP contribution in [0.5, 0.6) is 0 Å². The zero-order valence-electron chi connectivity index (χ0n) is 16.1. The van der Waals surface area contributed by atoms with Gasteiger partial charge >= 0.3 is 6.03 Å². The largest absolute Gasteiger partial charge is 0.334 e. The maximum absolute atomic E-state index is 12.7. The minimum absolute atomic E-state index is 0.157. The molecule has 2 fully saturated rings. The van der Waals surface area contributed by atoms with Crippen molar-refractivity contribution in [2.45, 2.75) is 39.7 Å².